The van der Waals surface area contributed by atoms with Crippen LogP contribution in [0.4, 0.5) is 5.69 Å². The molecule has 0 saturated carbocycles. The molecule has 1 amide bonds. The van der Waals surface area contributed by atoms with Gasteiger partial charge in [-0.2, -0.15) is 0 Å². The highest BCUT2D eigenvalue weighted by Gasteiger charge is 2.20. The lowest BCUT2D eigenvalue weighted by molar-refractivity contribution is 0.103. The van der Waals surface area contributed by atoms with Gasteiger partial charge in [-0.3, -0.25) is 9.59 Å². The van der Waals surface area contributed by atoms with E-state index in [0.717, 1.165) is 0 Å². The highest BCUT2D eigenvalue weighted by atomic mass is 32.1. The number of carbonyl (C=O) groups excluding carboxylic acids is 1. The van der Waals surface area contributed by atoms with E-state index in [1.165, 1.54) is 22.2 Å². The predicted molar refractivity (Wildman–Crippen MR) is 111 cm³/mol. The van der Waals surface area contributed by atoms with Gasteiger partial charge in [0.25, 0.3) is 11.5 Å². The zero-order valence-electron chi connectivity index (χ0n) is 15.3. The standard InChI is InChI=1S/C21H17N3O3S/c1-13-17-20(22-12-24(2)21(17)26)28-18(13)19(25)23-15-10-6-7-11-16(15)27-14-8-4-3-5-9-14/h3-12H,1-2H3,(H,23,25). The van der Waals surface area contributed by atoms with Crippen LogP contribution in [0.5, 0.6) is 11.5 Å². The van der Waals surface area contributed by atoms with Crippen LogP contribution in [0.2, 0.25) is 0 Å². The van der Waals surface area contributed by atoms with Crippen molar-refractivity contribution in [3.63, 3.8) is 0 Å². The summed E-state index contributed by atoms with van der Waals surface area (Å²) in [5, 5.41) is 3.37. The molecule has 0 aliphatic rings. The average molecular weight is 391 g/mol. The monoisotopic (exact) mass is 391 g/mol. The lowest BCUT2D eigenvalue weighted by Gasteiger charge is -2.12. The number of amides is 1. The minimum atomic E-state index is -0.299. The van der Waals surface area contributed by atoms with Gasteiger partial charge in [0.05, 0.1) is 22.3 Å². The summed E-state index contributed by atoms with van der Waals surface area (Å²) >= 11 is 1.21. The number of ether oxygens (including phenoxy) is 1. The number of carbonyl (C=O) groups is 1. The Bertz CT molecular complexity index is 1230. The topological polar surface area (TPSA) is 73.2 Å². The molecule has 0 fully saturated rings. The molecule has 4 rings (SSSR count). The molecule has 7 heteroatoms. The molecule has 0 bridgehead atoms. The smallest absolute Gasteiger partial charge is 0.266 e. The SMILES string of the molecule is Cc1c(C(=O)Nc2ccccc2Oc2ccccc2)sc2ncn(C)c(=O)c12. The van der Waals surface area contributed by atoms with Crippen molar-refractivity contribution in [2.75, 3.05) is 5.32 Å². The second-order valence-electron chi connectivity index (χ2n) is 6.26. The Balaban J connectivity index is 1.67. The first-order valence-electron chi connectivity index (χ1n) is 8.62. The maximum absolute atomic E-state index is 12.9. The van der Waals surface area contributed by atoms with Gasteiger partial charge in [-0.15, -0.1) is 11.3 Å². The van der Waals surface area contributed by atoms with Crippen molar-refractivity contribution in [2.45, 2.75) is 6.92 Å². The zero-order chi connectivity index (χ0) is 19.7. The molecule has 0 saturated heterocycles. The largest absolute Gasteiger partial charge is 0.455 e. The highest BCUT2D eigenvalue weighted by molar-refractivity contribution is 7.20. The van der Waals surface area contributed by atoms with Crippen LogP contribution in [0.25, 0.3) is 10.2 Å². The number of nitrogens with one attached hydrogen (secondary N) is 1. The fraction of sp³-hybridized carbons (Fsp3) is 0.0952. The Hall–Kier alpha value is -3.45. The maximum atomic E-state index is 12.9. The van der Waals surface area contributed by atoms with Gasteiger partial charge in [0.2, 0.25) is 0 Å². The van der Waals surface area contributed by atoms with Crippen LogP contribution in [0, 0.1) is 6.92 Å². The summed E-state index contributed by atoms with van der Waals surface area (Å²) in [6.45, 7) is 1.77. The van der Waals surface area contributed by atoms with Gasteiger partial charge in [0.15, 0.2) is 5.75 Å². The van der Waals surface area contributed by atoms with Crippen LogP contribution in [0.1, 0.15) is 15.2 Å². The summed E-state index contributed by atoms with van der Waals surface area (Å²) in [6.07, 6.45) is 1.46. The van der Waals surface area contributed by atoms with Crippen molar-refractivity contribution in [3.8, 4) is 11.5 Å². The molecular formula is C21H17N3O3S. The number of rotatable bonds is 4. The molecule has 0 radical (unpaired) electrons. The Morgan fingerprint density at radius 1 is 1.11 bits per heavy atom. The lowest BCUT2D eigenvalue weighted by Crippen LogP contribution is -2.17. The van der Waals surface area contributed by atoms with Gasteiger partial charge >= 0.3 is 0 Å². The minimum Gasteiger partial charge on any atom is -0.455 e. The molecule has 2 aromatic carbocycles. The van der Waals surface area contributed by atoms with E-state index >= 15 is 0 Å². The second kappa shape index (κ2) is 7.28. The summed E-state index contributed by atoms with van der Waals surface area (Å²) in [7, 11) is 1.64. The predicted octanol–water partition coefficient (Wildman–Crippen LogP) is 4.35. The summed E-state index contributed by atoms with van der Waals surface area (Å²) in [4.78, 5) is 30.6. The normalized spacial score (nSPS) is 10.8. The fourth-order valence-electron chi connectivity index (χ4n) is 2.88. The van der Waals surface area contributed by atoms with Gasteiger partial charge in [-0.25, -0.2) is 4.98 Å². The number of hydrogen-bond acceptors (Lipinski definition) is 5. The Kier molecular flexibility index (Phi) is 4.67. The molecule has 0 aliphatic carbocycles. The zero-order valence-corrected chi connectivity index (χ0v) is 16.1. The molecule has 1 N–H and O–H groups in total. The average Bonchev–Trinajstić information content (AvgIpc) is 3.04. The van der Waals surface area contributed by atoms with Gasteiger partial charge in [0, 0.05) is 7.05 Å². The first kappa shape index (κ1) is 17.9. The fourth-order valence-corrected chi connectivity index (χ4v) is 3.91. The van der Waals surface area contributed by atoms with E-state index in [0.29, 0.717) is 37.8 Å². The number of hydrogen-bond donors (Lipinski definition) is 1. The van der Waals surface area contributed by atoms with E-state index in [4.69, 9.17) is 4.74 Å². The van der Waals surface area contributed by atoms with E-state index in [1.807, 2.05) is 42.5 Å². The second-order valence-corrected chi connectivity index (χ2v) is 7.26. The molecule has 0 unspecified atom stereocenters. The maximum Gasteiger partial charge on any atom is 0.266 e. The Labute approximate surface area is 165 Å². The molecule has 2 aromatic heterocycles. The molecule has 4 aromatic rings. The first-order chi connectivity index (χ1) is 13.5. The van der Waals surface area contributed by atoms with Crippen molar-refractivity contribution >= 4 is 33.1 Å². The van der Waals surface area contributed by atoms with E-state index in [1.54, 1.807) is 26.1 Å². The summed E-state index contributed by atoms with van der Waals surface area (Å²) < 4.78 is 7.30. The number of aryl methyl sites for hydroxylation is 2. The summed E-state index contributed by atoms with van der Waals surface area (Å²) in [6, 6.07) is 16.6. The van der Waals surface area contributed by atoms with Crippen LogP contribution in [-0.4, -0.2) is 15.5 Å². The van der Waals surface area contributed by atoms with E-state index in [9.17, 15) is 9.59 Å². The van der Waals surface area contributed by atoms with Gasteiger partial charge in [-0.1, -0.05) is 30.3 Å². The molecule has 0 atom stereocenters. The molecular weight excluding hydrogens is 374 g/mol. The number of aromatic nitrogens is 2. The first-order valence-corrected chi connectivity index (χ1v) is 9.44. The number of benzene rings is 2. The van der Waals surface area contributed by atoms with Crippen molar-refractivity contribution in [2.24, 2.45) is 7.05 Å². The van der Waals surface area contributed by atoms with Crippen LogP contribution in [0.3, 0.4) is 0 Å². The summed E-state index contributed by atoms with van der Waals surface area (Å²) in [5.41, 5.74) is 1.02. The van der Waals surface area contributed by atoms with Crippen molar-refractivity contribution in [1.29, 1.82) is 0 Å². The minimum absolute atomic E-state index is 0.161. The molecule has 28 heavy (non-hydrogen) atoms. The van der Waals surface area contributed by atoms with Crippen molar-refractivity contribution in [1.82, 2.24) is 9.55 Å². The van der Waals surface area contributed by atoms with Crippen LogP contribution < -0.4 is 15.6 Å². The molecule has 140 valence electrons. The third-order valence-corrected chi connectivity index (χ3v) is 5.52. The van der Waals surface area contributed by atoms with Gasteiger partial charge < -0.3 is 14.6 Å². The Morgan fingerprint density at radius 2 is 1.82 bits per heavy atom. The molecule has 6 nitrogen and oxygen atoms in total. The highest BCUT2D eigenvalue weighted by Crippen LogP contribution is 2.31. The number of fused-ring (bicyclic) bond motifs is 1. The number of anilines is 1. The van der Waals surface area contributed by atoms with E-state index < -0.39 is 0 Å². The van der Waals surface area contributed by atoms with Crippen molar-refractivity contribution in [3.05, 3.63) is 81.7 Å². The van der Waals surface area contributed by atoms with Crippen LogP contribution in [0.15, 0.2) is 65.7 Å². The van der Waals surface area contributed by atoms with Gasteiger partial charge in [-0.05, 0) is 36.8 Å². The number of para-hydroxylation sites is 3. The molecule has 0 spiro atoms. The Morgan fingerprint density at radius 3 is 2.61 bits per heavy atom. The van der Waals surface area contributed by atoms with Crippen LogP contribution >= 0.6 is 11.3 Å². The number of nitrogens with zero attached hydrogens (tertiary/aromatic N) is 2. The van der Waals surface area contributed by atoms with Crippen LogP contribution in [-0.2, 0) is 7.05 Å². The summed E-state index contributed by atoms with van der Waals surface area (Å²) in [5.74, 6) is 0.913. The van der Waals surface area contributed by atoms with E-state index in [-0.39, 0.29) is 11.5 Å². The molecule has 0 aliphatic heterocycles. The number of thiophene rings is 1. The third kappa shape index (κ3) is 3.27. The van der Waals surface area contributed by atoms with Gasteiger partial charge in [0.1, 0.15) is 10.6 Å². The van der Waals surface area contributed by atoms with Crippen molar-refractivity contribution < 1.29 is 9.53 Å². The quantitative estimate of drug-likeness (QED) is 0.561. The lowest BCUT2D eigenvalue weighted by atomic mass is 10.2. The molecule has 2 heterocycles. The van der Waals surface area contributed by atoms with E-state index in [2.05, 4.69) is 10.3 Å². The third-order valence-electron chi connectivity index (χ3n) is 4.32.